The number of benzene rings is 1. The molecule has 1 N–H and O–H groups in total. The highest BCUT2D eigenvalue weighted by Crippen LogP contribution is 2.20. The van der Waals surface area contributed by atoms with Gasteiger partial charge in [-0.15, -0.1) is 0 Å². The molecule has 0 fully saturated rings. The second-order valence-corrected chi connectivity index (χ2v) is 5.15. The van der Waals surface area contributed by atoms with Crippen LogP contribution in [0.3, 0.4) is 0 Å². The minimum absolute atomic E-state index is 0.0311. The predicted molar refractivity (Wildman–Crippen MR) is 69.2 cm³/mol. The molecule has 0 radical (unpaired) electrons. The number of carbonyl (C=O) groups is 2. The topological polar surface area (TPSA) is 54.4 Å². The average Bonchev–Trinajstić information content (AvgIpc) is 2.29. The Morgan fingerprint density at radius 2 is 1.82 bits per heavy atom. The molecule has 0 aliphatic rings. The third-order valence-corrected chi connectivity index (χ3v) is 3.55. The zero-order valence-corrected chi connectivity index (χ0v) is 10.7. The van der Waals surface area contributed by atoms with Crippen LogP contribution in [-0.2, 0) is 4.79 Å². The summed E-state index contributed by atoms with van der Waals surface area (Å²) in [6.45, 7) is 3.71. The molecule has 0 saturated heterocycles. The van der Waals surface area contributed by atoms with Gasteiger partial charge in [0.25, 0.3) is 0 Å². The molecular weight excluding hydrogens is 236 g/mol. The fraction of sp³-hybridized carbons (Fsp3) is 0.385. The molecule has 1 aromatic carbocycles. The van der Waals surface area contributed by atoms with Crippen LogP contribution in [0.15, 0.2) is 30.3 Å². The lowest BCUT2D eigenvalue weighted by molar-refractivity contribution is -0.142. The highest BCUT2D eigenvalue weighted by Gasteiger charge is 2.22. The van der Waals surface area contributed by atoms with E-state index >= 15 is 0 Å². The number of hydrogen-bond donors (Lipinski definition) is 1. The molecule has 17 heavy (non-hydrogen) atoms. The summed E-state index contributed by atoms with van der Waals surface area (Å²) in [5, 5.41) is 8.93. The molecule has 0 heterocycles. The van der Waals surface area contributed by atoms with E-state index in [1.54, 1.807) is 24.3 Å². The van der Waals surface area contributed by atoms with Gasteiger partial charge in [-0.2, -0.15) is 0 Å². The van der Waals surface area contributed by atoms with Crippen molar-refractivity contribution in [1.82, 2.24) is 0 Å². The van der Waals surface area contributed by atoms with E-state index in [2.05, 4.69) is 0 Å². The van der Waals surface area contributed by atoms with Crippen molar-refractivity contribution in [2.45, 2.75) is 13.8 Å². The molecule has 4 heteroatoms. The van der Waals surface area contributed by atoms with E-state index in [0.29, 0.717) is 11.3 Å². The highest BCUT2D eigenvalue weighted by atomic mass is 32.2. The zero-order valence-electron chi connectivity index (χ0n) is 9.92. The molecule has 3 nitrogen and oxygen atoms in total. The van der Waals surface area contributed by atoms with Crippen molar-refractivity contribution in [3.8, 4) is 0 Å². The van der Waals surface area contributed by atoms with E-state index in [0.717, 1.165) is 11.8 Å². The van der Waals surface area contributed by atoms with Crippen LogP contribution in [0.2, 0.25) is 0 Å². The van der Waals surface area contributed by atoms with Gasteiger partial charge >= 0.3 is 5.97 Å². The van der Waals surface area contributed by atoms with Gasteiger partial charge in [0, 0.05) is 11.3 Å². The van der Waals surface area contributed by atoms with Crippen LogP contribution in [0, 0.1) is 11.8 Å². The van der Waals surface area contributed by atoms with Gasteiger partial charge in [-0.1, -0.05) is 55.9 Å². The Balaban J connectivity index is 2.56. The maximum atomic E-state index is 11.8. The van der Waals surface area contributed by atoms with E-state index < -0.39 is 11.9 Å². The van der Waals surface area contributed by atoms with Crippen molar-refractivity contribution in [1.29, 1.82) is 0 Å². The summed E-state index contributed by atoms with van der Waals surface area (Å²) in [5.74, 6) is -0.967. The number of thioether (sulfide) groups is 1. The minimum Gasteiger partial charge on any atom is -0.481 e. The quantitative estimate of drug-likeness (QED) is 0.875. The second kappa shape index (κ2) is 6.45. The van der Waals surface area contributed by atoms with Gasteiger partial charge in [-0.05, 0) is 5.92 Å². The summed E-state index contributed by atoms with van der Waals surface area (Å²) in [7, 11) is 0. The lowest BCUT2D eigenvalue weighted by Gasteiger charge is -2.14. The molecule has 1 rings (SSSR count). The third kappa shape index (κ3) is 4.23. The lowest BCUT2D eigenvalue weighted by atomic mass is 9.98. The molecule has 92 valence electrons. The Labute approximate surface area is 105 Å². The van der Waals surface area contributed by atoms with Gasteiger partial charge in [0.15, 0.2) is 0 Å². The SMILES string of the molecule is CC(C)C(CSC(=O)c1ccccc1)C(=O)O. The first-order valence-corrected chi connectivity index (χ1v) is 6.46. The van der Waals surface area contributed by atoms with Crippen molar-refractivity contribution in [2.24, 2.45) is 11.8 Å². The van der Waals surface area contributed by atoms with Gasteiger partial charge in [0.1, 0.15) is 0 Å². The van der Waals surface area contributed by atoms with Crippen molar-refractivity contribution < 1.29 is 14.7 Å². The van der Waals surface area contributed by atoms with Gasteiger partial charge < -0.3 is 5.11 Å². The molecule has 0 aliphatic heterocycles. The summed E-state index contributed by atoms with van der Waals surface area (Å²) < 4.78 is 0. The van der Waals surface area contributed by atoms with Crippen molar-refractivity contribution >= 4 is 22.8 Å². The number of carboxylic acids is 1. The van der Waals surface area contributed by atoms with E-state index in [9.17, 15) is 9.59 Å². The molecule has 0 aliphatic carbocycles. The molecule has 0 aromatic heterocycles. The first-order chi connectivity index (χ1) is 8.02. The number of carboxylic acid groups (broad SMARTS) is 1. The van der Waals surface area contributed by atoms with Gasteiger partial charge in [-0.25, -0.2) is 0 Å². The maximum Gasteiger partial charge on any atom is 0.307 e. The second-order valence-electron chi connectivity index (χ2n) is 4.15. The number of aliphatic carboxylic acids is 1. The maximum absolute atomic E-state index is 11.8. The van der Waals surface area contributed by atoms with Crippen LogP contribution >= 0.6 is 11.8 Å². The first-order valence-electron chi connectivity index (χ1n) is 5.47. The fourth-order valence-electron chi connectivity index (χ4n) is 1.37. The van der Waals surface area contributed by atoms with Crippen LogP contribution in [0.25, 0.3) is 0 Å². The summed E-state index contributed by atoms with van der Waals surface area (Å²) in [6, 6.07) is 8.91. The minimum atomic E-state index is -0.839. The van der Waals surface area contributed by atoms with Crippen LogP contribution < -0.4 is 0 Å². The Morgan fingerprint density at radius 3 is 2.29 bits per heavy atom. The van der Waals surface area contributed by atoms with Crippen molar-refractivity contribution in [2.75, 3.05) is 5.75 Å². The summed E-state index contributed by atoms with van der Waals surface area (Å²) in [4.78, 5) is 22.7. The summed E-state index contributed by atoms with van der Waals surface area (Å²) in [5.41, 5.74) is 0.616. The Hall–Kier alpha value is -1.29. The Morgan fingerprint density at radius 1 is 1.24 bits per heavy atom. The Bertz CT molecular complexity index is 387. The molecule has 0 amide bonds. The number of hydrogen-bond acceptors (Lipinski definition) is 3. The van der Waals surface area contributed by atoms with Crippen LogP contribution in [0.5, 0.6) is 0 Å². The monoisotopic (exact) mass is 252 g/mol. The largest absolute Gasteiger partial charge is 0.481 e. The standard InChI is InChI=1S/C13H16O3S/c1-9(2)11(12(14)15)8-17-13(16)10-6-4-3-5-7-10/h3-7,9,11H,8H2,1-2H3,(H,14,15). The Kier molecular flexibility index (Phi) is 5.22. The van der Waals surface area contributed by atoms with Gasteiger partial charge in [0.05, 0.1) is 5.92 Å². The van der Waals surface area contributed by atoms with E-state index in [4.69, 9.17) is 5.11 Å². The average molecular weight is 252 g/mol. The normalized spacial score (nSPS) is 12.4. The van der Waals surface area contributed by atoms with E-state index in [-0.39, 0.29) is 11.0 Å². The van der Waals surface area contributed by atoms with E-state index in [1.165, 1.54) is 0 Å². The number of rotatable bonds is 5. The predicted octanol–water partition coefficient (Wildman–Crippen LogP) is 2.92. The number of carbonyl (C=O) groups excluding carboxylic acids is 1. The van der Waals surface area contributed by atoms with Crippen molar-refractivity contribution in [3.63, 3.8) is 0 Å². The molecular formula is C13H16O3S. The van der Waals surface area contributed by atoms with Gasteiger partial charge in [0.2, 0.25) is 5.12 Å². The smallest absolute Gasteiger partial charge is 0.307 e. The molecule has 0 saturated carbocycles. The lowest BCUT2D eigenvalue weighted by Crippen LogP contribution is -2.22. The van der Waals surface area contributed by atoms with Crippen molar-refractivity contribution in [3.05, 3.63) is 35.9 Å². The summed E-state index contributed by atoms with van der Waals surface area (Å²) >= 11 is 1.07. The van der Waals surface area contributed by atoms with Crippen LogP contribution in [0.1, 0.15) is 24.2 Å². The molecule has 0 bridgehead atoms. The molecule has 1 unspecified atom stereocenters. The van der Waals surface area contributed by atoms with Crippen LogP contribution in [0.4, 0.5) is 0 Å². The third-order valence-electron chi connectivity index (χ3n) is 2.53. The fourth-order valence-corrected chi connectivity index (χ4v) is 2.53. The molecule has 1 atom stereocenters. The molecule has 0 spiro atoms. The van der Waals surface area contributed by atoms with Gasteiger partial charge in [-0.3, -0.25) is 9.59 Å². The summed E-state index contributed by atoms with van der Waals surface area (Å²) in [6.07, 6.45) is 0. The van der Waals surface area contributed by atoms with Crippen LogP contribution in [-0.4, -0.2) is 21.9 Å². The first kappa shape index (κ1) is 13.8. The highest BCUT2D eigenvalue weighted by molar-refractivity contribution is 8.14. The zero-order chi connectivity index (χ0) is 12.8. The molecule has 1 aromatic rings. The van der Waals surface area contributed by atoms with E-state index in [1.807, 2.05) is 19.9 Å².